The second-order valence-corrected chi connectivity index (χ2v) is 8.84. The lowest BCUT2D eigenvalue weighted by Gasteiger charge is -2.13. The van der Waals surface area contributed by atoms with Crippen molar-refractivity contribution in [1.82, 2.24) is 15.0 Å². The van der Waals surface area contributed by atoms with Crippen LogP contribution in [0.1, 0.15) is 19.3 Å². The molecule has 3 aromatic heterocycles. The highest BCUT2D eigenvalue weighted by molar-refractivity contribution is 7.92. The van der Waals surface area contributed by atoms with Gasteiger partial charge < -0.3 is 10.6 Å². The van der Waals surface area contributed by atoms with Crippen LogP contribution >= 0.6 is 11.6 Å². The monoisotopic (exact) mass is 444 g/mol. The first-order valence-corrected chi connectivity index (χ1v) is 11.5. The number of nitrogens with zero attached hydrogens (tertiary/aromatic N) is 3. The quantitative estimate of drug-likeness (QED) is 0.480. The summed E-state index contributed by atoms with van der Waals surface area (Å²) in [5, 5.41) is 6.83. The normalized spacial score (nSPS) is 16.2. The van der Waals surface area contributed by atoms with Gasteiger partial charge in [-0.3, -0.25) is 4.72 Å². The van der Waals surface area contributed by atoms with Crippen molar-refractivity contribution < 1.29 is 8.42 Å². The summed E-state index contributed by atoms with van der Waals surface area (Å²) in [6, 6.07) is 11.6. The molecule has 0 unspecified atom stereocenters. The zero-order valence-electron chi connectivity index (χ0n) is 16.1. The number of pyridine rings is 3. The topological polar surface area (TPSA) is 109 Å². The van der Waals surface area contributed by atoms with E-state index in [2.05, 4.69) is 30.3 Å². The third-order valence-corrected chi connectivity index (χ3v) is 6.16. The van der Waals surface area contributed by atoms with Gasteiger partial charge in [0, 0.05) is 24.8 Å². The van der Waals surface area contributed by atoms with Crippen LogP contribution in [0.15, 0.2) is 53.7 Å². The van der Waals surface area contributed by atoms with E-state index in [1.165, 1.54) is 12.1 Å². The van der Waals surface area contributed by atoms with Crippen molar-refractivity contribution in [3.63, 3.8) is 0 Å². The predicted octanol–water partition coefficient (Wildman–Crippen LogP) is 4.00. The van der Waals surface area contributed by atoms with Crippen LogP contribution in [0.25, 0.3) is 11.3 Å². The molecular formula is C20H21ClN6O2S. The van der Waals surface area contributed by atoms with Gasteiger partial charge in [-0.05, 0) is 55.7 Å². The van der Waals surface area contributed by atoms with Crippen molar-refractivity contribution in [2.45, 2.75) is 24.3 Å². The van der Waals surface area contributed by atoms with Gasteiger partial charge in [-0.1, -0.05) is 17.7 Å². The van der Waals surface area contributed by atoms with Gasteiger partial charge >= 0.3 is 0 Å². The van der Waals surface area contributed by atoms with E-state index >= 15 is 0 Å². The van der Waals surface area contributed by atoms with Crippen molar-refractivity contribution in [3.8, 4) is 11.3 Å². The molecule has 10 heteroatoms. The molecule has 4 heterocycles. The van der Waals surface area contributed by atoms with Crippen LogP contribution < -0.4 is 15.4 Å². The molecule has 30 heavy (non-hydrogen) atoms. The van der Waals surface area contributed by atoms with Gasteiger partial charge in [0.05, 0.1) is 10.7 Å². The van der Waals surface area contributed by atoms with Gasteiger partial charge in [-0.15, -0.1) is 0 Å². The molecule has 0 spiro atoms. The Labute approximate surface area is 180 Å². The maximum Gasteiger partial charge on any atom is 0.280 e. The highest BCUT2D eigenvalue weighted by atomic mass is 35.5. The fourth-order valence-corrected chi connectivity index (χ4v) is 4.30. The maximum atomic E-state index is 12.9. The molecule has 1 aliphatic heterocycles. The van der Waals surface area contributed by atoms with Crippen LogP contribution in [-0.2, 0) is 10.0 Å². The summed E-state index contributed by atoms with van der Waals surface area (Å²) in [5.74, 6) is 1.32. The average Bonchev–Trinajstić information content (AvgIpc) is 2.74. The van der Waals surface area contributed by atoms with E-state index in [1.807, 2.05) is 6.07 Å². The standard InChI is InChI=1S/C20H21ClN6O2S/c21-15-9-10-17-26-19(15)14-6-5-13-24-20(14)23-12-3-1-2-11-22-16-7-4-8-18(25-16)30(28,29)27-17/h4-10,13H,1-3,11-12H2,(H,22,25)(H,23,24)(H,26,27). The molecule has 4 rings (SSSR count). The van der Waals surface area contributed by atoms with E-state index < -0.39 is 10.0 Å². The number of nitrogens with one attached hydrogen (secondary N) is 3. The molecule has 4 bridgehead atoms. The van der Waals surface area contributed by atoms with Crippen LogP contribution in [0.4, 0.5) is 17.5 Å². The Kier molecular flexibility index (Phi) is 6.01. The van der Waals surface area contributed by atoms with Gasteiger partial charge in [0.1, 0.15) is 17.5 Å². The SMILES string of the molecule is O=S1(=O)Nc2ccc(Cl)c(n2)-c2cccnc2NCCCCCNc2cccc1n2. The molecule has 0 fully saturated rings. The molecule has 1 aliphatic rings. The van der Waals surface area contributed by atoms with Gasteiger partial charge in [-0.2, -0.15) is 8.42 Å². The second kappa shape index (κ2) is 8.85. The number of halogens is 1. The molecule has 0 atom stereocenters. The first-order valence-electron chi connectivity index (χ1n) is 9.62. The first-order chi connectivity index (χ1) is 14.5. The number of hydrogen-bond acceptors (Lipinski definition) is 7. The lowest BCUT2D eigenvalue weighted by molar-refractivity contribution is 0.597. The smallest absolute Gasteiger partial charge is 0.280 e. The lowest BCUT2D eigenvalue weighted by Crippen LogP contribution is -2.16. The molecule has 0 amide bonds. The van der Waals surface area contributed by atoms with E-state index in [1.54, 1.807) is 30.5 Å². The molecular weight excluding hydrogens is 424 g/mol. The summed E-state index contributed by atoms with van der Waals surface area (Å²) in [7, 11) is -3.92. The average molecular weight is 445 g/mol. The third kappa shape index (κ3) is 4.63. The van der Waals surface area contributed by atoms with E-state index in [0.29, 0.717) is 34.5 Å². The Bertz CT molecular complexity index is 1160. The number of rotatable bonds is 0. The Balaban J connectivity index is 1.77. The number of anilines is 3. The molecule has 0 saturated heterocycles. The molecule has 3 aromatic rings. The summed E-state index contributed by atoms with van der Waals surface area (Å²) in [6.45, 7) is 1.46. The summed E-state index contributed by atoms with van der Waals surface area (Å²) in [4.78, 5) is 13.1. The largest absolute Gasteiger partial charge is 0.370 e. The molecule has 156 valence electrons. The van der Waals surface area contributed by atoms with Crippen LogP contribution in [-0.4, -0.2) is 36.5 Å². The first kappa shape index (κ1) is 20.4. The van der Waals surface area contributed by atoms with Crippen LogP contribution in [0, 0.1) is 0 Å². The summed E-state index contributed by atoms with van der Waals surface area (Å²) in [5.41, 5.74) is 1.15. The van der Waals surface area contributed by atoms with Crippen molar-refractivity contribution in [2.24, 2.45) is 0 Å². The fraction of sp³-hybridized carbons (Fsp3) is 0.250. The van der Waals surface area contributed by atoms with Crippen LogP contribution in [0.5, 0.6) is 0 Å². The van der Waals surface area contributed by atoms with Gasteiger partial charge in [0.25, 0.3) is 10.0 Å². The van der Waals surface area contributed by atoms with Gasteiger partial charge in [-0.25, -0.2) is 15.0 Å². The van der Waals surface area contributed by atoms with Crippen molar-refractivity contribution in [2.75, 3.05) is 28.4 Å². The van der Waals surface area contributed by atoms with Gasteiger partial charge in [0.2, 0.25) is 0 Å². The highest BCUT2D eigenvalue weighted by Gasteiger charge is 2.19. The number of hydrogen-bond donors (Lipinski definition) is 3. The Morgan fingerprint density at radius 3 is 2.57 bits per heavy atom. The zero-order chi connectivity index (χ0) is 21.0. The van der Waals surface area contributed by atoms with E-state index in [4.69, 9.17) is 11.6 Å². The van der Waals surface area contributed by atoms with E-state index in [9.17, 15) is 8.42 Å². The maximum absolute atomic E-state index is 12.9. The van der Waals surface area contributed by atoms with Crippen LogP contribution in [0.2, 0.25) is 5.02 Å². The van der Waals surface area contributed by atoms with Crippen molar-refractivity contribution in [3.05, 3.63) is 53.7 Å². The Hall–Kier alpha value is -2.91. The van der Waals surface area contributed by atoms with Crippen LogP contribution in [0.3, 0.4) is 0 Å². The van der Waals surface area contributed by atoms with E-state index in [0.717, 1.165) is 25.8 Å². The van der Waals surface area contributed by atoms with Gasteiger partial charge in [0.15, 0.2) is 5.03 Å². The molecule has 0 aromatic carbocycles. The second-order valence-electron chi connectivity index (χ2n) is 6.81. The number of sulfonamides is 1. The molecule has 3 N–H and O–H groups in total. The van der Waals surface area contributed by atoms with Crippen molar-refractivity contribution >= 4 is 39.1 Å². The predicted molar refractivity (Wildman–Crippen MR) is 118 cm³/mol. The molecule has 8 nitrogen and oxygen atoms in total. The lowest BCUT2D eigenvalue weighted by atomic mass is 10.1. The Morgan fingerprint density at radius 1 is 0.867 bits per heavy atom. The highest BCUT2D eigenvalue weighted by Crippen LogP contribution is 2.32. The minimum absolute atomic E-state index is 0.0844. The number of aromatic nitrogens is 3. The minimum atomic E-state index is -3.92. The molecule has 0 aliphatic carbocycles. The van der Waals surface area contributed by atoms with Crippen molar-refractivity contribution in [1.29, 1.82) is 0 Å². The Morgan fingerprint density at radius 2 is 1.70 bits per heavy atom. The summed E-state index contributed by atoms with van der Waals surface area (Å²) >= 11 is 6.39. The summed E-state index contributed by atoms with van der Waals surface area (Å²) < 4.78 is 28.2. The molecule has 0 saturated carbocycles. The molecule has 0 radical (unpaired) electrons. The summed E-state index contributed by atoms with van der Waals surface area (Å²) in [6.07, 6.45) is 4.58. The minimum Gasteiger partial charge on any atom is -0.370 e. The fourth-order valence-electron chi connectivity index (χ4n) is 3.13. The zero-order valence-corrected chi connectivity index (χ0v) is 17.7. The van der Waals surface area contributed by atoms with E-state index in [-0.39, 0.29) is 10.8 Å². The third-order valence-electron chi connectivity index (χ3n) is 4.60. The number of fused-ring (bicyclic) bond motifs is 6.